The number of nitrogens with zero attached hydrogens (tertiary/aromatic N) is 12. The molecule has 0 heterocycles. The number of azide groups is 4. The lowest BCUT2D eigenvalue weighted by Crippen LogP contribution is -2.35. The fourth-order valence-electron chi connectivity index (χ4n) is 1.67. The predicted molar refractivity (Wildman–Crippen MR) is 79.9 cm³/mol. The van der Waals surface area contributed by atoms with Crippen LogP contribution in [0, 0.1) is 5.41 Å². The van der Waals surface area contributed by atoms with E-state index in [2.05, 4.69) is 49.6 Å². The molecule has 132 valence electrons. The third-order valence-corrected chi connectivity index (χ3v) is 2.67. The van der Waals surface area contributed by atoms with Crippen LogP contribution in [0.5, 0.6) is 0 Å². The minimum Gasteiger partial charge on any atom is -0.460 e. The topological polar surface area (TPSA) is 248 Å². The van der Waals surface area contributed by atoms with Crippen LogP contribution in [0.3, 0.4) is 0 Å². The molecule has 0 unspecified atom stereocenters. The van der Waals surface area contributed by atoms with Crippen molar-refractivity contribution in [1.29, 1.82) is 0 Å². The molecule has 0 aliphatic heterocycles. The van der Waals surface area contributed by atoms with Crippen LogP contribution < -0.4 is 0 Å². The summed E-state index contributed by atoms with van der Waals surface area (Å²) in [5, 5.41) is 12.7. The number of ether oxygens (including phenoxy) is 2. The van der Waals surface area contributed by atoms with Gasteiger partial charge in [0.2, 0.25) is 0 Å². The summed E-state index contributed by atoms with van der Waals surface area (Å²) >= 11 is 0. The van der Waals surface area contributed by atoms with Gasteiger partial charge in [-0.3, -0.25) is 9.59 Å². The summed E-state index contributed by atoms with van der Waals surface area (Å²) in [6.07, 6.45) is -0.967. The fraction of sp³-hybridized carbons (Fsp3) is 0.778. The Morgan fingerprint density at radius 3 is 1.40 bits per heavy atom. The van der Waals surface area contributed by atoms with Gasteiger partial charge < -0.3 is 9.47 Å². The molecule has 0 aliphatic rings. The van der Waals surface area contributed by atoms with E-state index in [0.717, 1.165) is 0 Å². The molecule has 0 aromatic rings. The maximum absolute atomic E-state index is 11.8. The van der Waals surface area contributed by atoms with Crippen molar-refractivity contribution in [1.82, 2.24) is 0 Å². The van der Waals surface area contributed by atoms with Gasteiger partial charge in [-0.1, -0.05) is 20.5 Å². The van der Waals surface area contributed by atoms with E-state index >= 15 is 0 Å². The van der Waals surface area contributed by atoms with Crippen LogP contribution in [-0.4, -0.2) is 38.5 Å². The second kappa shape index (κ2) is 12.7. The second-order valence-electron chi connectivity index (χ2n) is 4.38. The average Bonchev–Trinajstić information content (AvgIpc) is 2.58. The maximum atomic E-state index is 11.8. The number of hydrogen-bond acceptors (Lipinski definition) is 8. The molecule has 0 rings (SSSR count). The summed E-state index contributed by atoms with van der Waals surface area (Å²) in [4.78, 5) is 33.5. The lowest BCUT2D eigenvalue weighted by Gasteiger charge is -2.28. The normalized spacial score (nSPS) is 11.2. The van der Waals surface area contributed by atoms with Gasteiger partial charge in [0.05, 0.1) is 12.8 Å². The first-order valence-electron chi connectivity index (χ1n) is 6.38. The van der Waals surface area contributed by atoms with Crippen LogP contribution in [0.25, 0.3) is 41.8 Å². The number of rotatable bonds is 12. The summed E-state index contributed by atoms with van der Waals surface area (Å²) in [5.41, 5.74) is 31.8. The second-order valence-corrected chi connectivity index (χ2v) is 4.38. The van der Waals surface area contributed by atoms with E-state index in [1.165, 1.54) is 0 Å². The summed E-state index contributed by atoms with van der Waals surface area (Å²) < 4.78 is 9.26. The van der Waals surface area contributed by atoms with Crippen molar-refractivity contribution < 1.29 is 19.1 Å². The molecule has 0 amide bonds. The molecule has 0 atom stereocenters. The molecule has 16 nitrogen and oxygen atoms in total. The number of esters is 2. The number of carbonyl (C=O) groups excluding carboxylic acids is 2. The molecular formula is C9H12N12O4. The van der Waals surface area contributed by atoms with Crippen molar-refractivity contribution in [2.24, 2.45) is 25.9 Å². The van der Waals surface area contributed by atoms with Gasteiger partial charge in [0.15, 0.2) is 13.5 Å². The van der Waals surface area contributed by atoms with Gasteiger partial charge in [-0.15, -0.1) is 0 Å². The first-order chi connectivity index (χ1) is 12.0. The van der Waals surface area contributed by atoms with E-state index in [1.54, 1.807) is 0 Å². The number of hydrogen-bond donors (Lipinski definition) is 0. The van der Waals surface area contributed by atoms with E-state index in [4.69, 9.17) is 22.1 Å². The molecule has 0 fully saturated rings. The zero-order valence-corrected chi connectivity index (χ0v) is 12.7. The van der Waals surface area contributed by atoms with Gasteiger partial charge in [-0.25, -0.2) is 0 Å². The smallest absolute Gasteiger partial charge is 0.306 e. The largest absolute Gasteiger partial charge is 0.460 e. The van der Waals surface area contributed by atoms with Gasteiger partial charge >= 0.3 is 11.9 Å². The van der Waals surface area contributed by atoms with E-state index < -0.39 is 43.7 Å². The Hall–Kier alpha value is -3.82. The highest BCUT2D eigenvalue weighted by atomic mass is 16.5. The highest BCUT2D eigenvalue weighted by molar-refractivity contribution is 5.74. The van der Waals surface area contributed by atoms with Gasteiger partial charge in [0.1, 0.15) is 0 Å². The first-order valence-corrected chi connectivity index (χ1v) is 6.38. The van der Waals surface area contributed by atoms with E-state index in [-0.39, 0.29) is 13.1 Å². The molecule has 0 saturated carbocycles. The molecule has 0 spiro atoms. The average molecular weight is 352 g/mol. The van der Waals surface area contributed by atoms with Crippen LogP contribution in [0.1, 0.15) is 12.8 Å². The van der Waals surface area contributed by atoms with Gasteiger partial charge in [-0.05, 0) is 22.1 Å². The van der Waals surface area contributed by atoms with Crippen molar-refractivity contribution in [3.8, 4) is 0 Å². The third-order valence-electron chi connectivity index (χ3n) is 2.67. The molecule has 0 N–H and O–H groups in total. The highest BCUT2D eigenvalue weighted by Crippen LogP contribution is 2.30. The quantitative estimate of drug-likeness (QED) is 0.222. The Morgan fingerprint density at radius 1 is 0.720 bits per heavy atom. The Balaban J connectivity index is 5.30. The monoisotopic (exact) mass is 352 g/mol. The third kappa shape index (κ3) is 9.73. The van der Waals surface area contributed by atoms with Crippen molar-refractivity contribution in [2.45, 2.75) is 12.8 Å². The molecule has 0 aliphatic carbocycles. The number of carbonyl (C=O) groups is 2. The highest BCUT2D eigenvalue weighted by Gasteiger charge is 2.35. The van der Waals surface area contributed by atoms with Crippen LogP contribution in [-0.2, 0) is 19.1 Å². The summed E-state index contributed by atoms with van der Waals surface area (Å²) in [7, 11) is 0. The van der Waals surface area contributed by atoms with Gasteiger partial charge in [0, 0.05) is 38.2 Å². The molecule has 25 heavy (non-hydrogen) atoms. The zero-order chi connectivity index (χ0) is 19.0. The van der Waals surface area contributed by atoms with Crippen LogP contribution in [0.15, 0.2) is 20.5 Å². The minimum absolute atomic E-state index is 0.379. The summed E-state index contributed by atoms with van der Waals surface area (Å²) in [6, 6.07) is 0. The predicted octanol–water partition coefficient (Wildman–Crippen LogP) is 3.00. The molecular weight excluding hydrogens is 340 g/mol. The van der Waals surface area contributed by atoms with Crippen LogP contribution >= 0.6 is 0 Å². The Kier molecular flexibility index (Phi) is 10.8. The molecule has 0 bridgehead atoms. The van der Waals surface area contributed by atoms with E-state index in [9.17, 15) is 9.59 Å². The van der Waals surface area contributed by atoms with Crippen LogP contribution in [0.4, 0.5) is 0 Å². The molecule has 0 radical (unpaired) electrons. The standard InChI is InChI=1S/C9H12N12O4/c10-18-14-3-9(4-15-19-11,1-7(22)24-5-16-20-12)2-8(23)25-6-17-21-13/h1-6H2. The Bertz CT molecular complexity index is 608. The molecule has 0 aromatic heterocycles. The Labute approximate surface area is 139 Å². The Morgan fingerprint density at radius 2 is 1.08 bits per heavy atom. The lowest BCUT2D eigenvalue weighted by molar-refractivity contribution is -0.150. The molecule has 0 aromatic carbocycles. The van der Waals surface area contributed by atoms with Crippen molar-refractivity contribution in [3.63, 3.8) is 0 Å². The lowest BCUT2D eigenvalue weighted by atomic mass is 9.81. The van der Waals surface area contributed by atoms with Crippen molar-refractivity contribution in [2.75, 3.05) is 26.6 Å². The molecule has 16 heteroatoms. The zero-order valence-electron chi connectivity index (χ0n) is 12.7. The first kappa shape index (κ1) is 21.2. The summed E-state index contributed by atoms with van der Waals surface area (Å²) in [6.45, 7) is -1.91. The maximum Gasteiger partial charge on any atom is 0.306 e. The molecule has 0 saturated heterocycles. The van der Waals surface area contributed by atoms with Crippen molar-refractivity contribution >= 4 is 11.9 Å². The van der Waals surface area contributed by atoms with Crippen molar-refractivity contribution in [3.05, 3.63) is 41.8 Å². The van der Waals surface area contributed by atoms with Crippen LogP contribution in [0.2, 0.25) is 0 Å². The summed E-state index contributed by atoms with van der Waals surface area (Å²) in [5.74, 6) is -1.76. The van der Waals surface area contributed by atoms with Gasteiger partial charge in [-0.2, -0.15) is 0 Å². The SMILES string of the molecule is [N-]=[N+]=NCOC(=O)CC(CN=[N+]=[N-])(CN=[N+]=[N-])CC(=O)OCN=[N+]=[N-]. The van der Waals surface area contributed by atoms with Gasteiger partial charge in [0.25, 0.3) is 0 Å². The van der Waals surface area contributed by atoms with E-state index in [1.807, 2.05) is 0 Å². The fourth-order valence-corrected chi connectivity index (χ4v) is 1.67. The minimum atomic E-state index is -1.42. The van der Waals surface area contributed by atoms with E-state index in [0.29, 0.717) is 0 Å².